The molecular weight excluding hydrogens is 376 g/mol. The first-order valence-corrected chi connectivity index (χ1v) is 9.94. The third-order valence-electron chi connectivity index (χ3n) is 4.92. The lowest BCUT2D eigenvalue weighted by Crippen LogP contribution is -2.21. The molecule has 3 nitrogen and oxygen atoms in total. The van der Waals surface area contributed by atoms with Crippen LogP contribution in [-0.2, 0) is 6.54 Å². The maximum absolute atomic E-state index is 13.3. The zero-order chi connectivity index (χ0) is 19.1. The van der Waals surface area contributed by atoms with Gasteiger partial charge in [-0.2, -0.15) is 0 Å². The third kappa shape index (κ3) is 3.31. The Morgan fingerprint density at radius 2 is 1.78 bits per heavy atom. The van der Waals surface area contributed by atoms with Gasteiger partial charge in [0.2, 0.25) is 0 Å². The average molecular weight is 395 g/mol. The minimum absolute atomic E-state index is 0.00692. The van der Waals surface area contributed by atoms with Gasteiger partial charge in [0.25, 0.3) is 5.56 Å². The molecule has 0 aliphatic carbocycles. The van der Waals surface area contributed by atoms with Crippen molar-refractivity contribution >= 4 is 33.2 Å². The number of benzene rings is 2. The van der Waals surface area contributed by atoms with E-state index in [-0.39, 0.29) is 5.56 Å². The fourth-order valence-corrected chi connectivity index (χ4v) is 4.41. The summed E-state index contributed by atoms with van der Waals surface area (Å²) in [5.41, 5.74) is 5.55. The van der Waals surface area contributed by atoms with Crippen molar-refractivity contribution in [2.75, 3.05) is 0 Å². The number of thiophene rings is 1. The molecule has 5 heteroatoms. The molecule has 4 rings (SSSR count). The number of rotatable bonds is 3. The monoisotopic (exact) mass is 394 g/mol. The Morgan fingerprint density at radius 3 is 2.48 bits per heavy atom. The van der Waals surface area contributed by atoms with Crippen molar-refractivity contribution in [2.45, 2.75) is 27.3 Å². The van der Waals surface area contributed by atoms with E-state index in [1.54, 1.807) is 22.2 Å². The van der Waals surface area contributed by atoms with E-state index in [1.807, 2.05) is 24.3 Å². The Kier molecular flexibility index (Phi) is 4.62. The molecule has 0 N–H and O–H groups in total. The maximum Gasteiger partial charge on any atom is 0.263 e. The lowest BCUT2D eigenvalue weighted by Gasteiger charge is -2.08. The quantitative estimate of drug-likeness (QED) is 0.443. The number of hydrogen-bond donors (Lipinski definition) is 0. The second-order valence-corrected chi connectivity index (χ2v) is 8.46. The van der Waals surface area contributed by atoms with Gasteiger partial charge < -0.3 is 0 Å². The van der Waals surface area contributed by atoms with Crippen molar-refractivity contribution in [2.24, 2.45) is 0 Å². The molecule has 0 spiro atoms. The summed E-state index contributed by atoms with van der Waals surface area (Å²) >= 11 is 7.53. The minimum Gasteiger partial charge on any atom is -0.294 e. The van der Waals surface area contributed by atoms with Crippen LogP contribution in [-0.4, -0.2) is 9.55 Å². The highest BCUT2D eigenvalue weighted by Crippen LogP contribution is 2.36. The molecule has 2 aromatic carbocycles. The van der Waals surface area contributed by atoms with E-state index in [0.717, 1.165) is 26.4 Å². The van der Waals surface area contributed by atoms with Gasteiger partial charge in [0.15, 0.2) is 0 Å². The van der Waals surface area contributed by atoms with E-state index < -0.39 is 0 Å². The van der Waals surface area contributed by atoms with Crippen LogP contribution in [0.3, 0.4) is 0 Å². The first-order valence-electron chi connectivity index (χ1n) is 8.74. The molecule has 2 aromatic heterocycles. The molecule has 0 aliphatic heterocycles. The number of hydrogen-bond acceptors (Lipinski definition) is 3. The molecular formula is C22H19ClN2OS. The van der Waals surface area contributed by atoms with Crippen LogP contribution in [0.5, 0.6) is 0 Å². The van der Waals surface area contributed by atoms with Gasteiger partial charge in [-0.1, -0.05) is 41.9 Å². The van der Waals surface area contributed by atoms with E-state index in [1.165, 1.54) is 11.1 Å². The number of fused-ring (bicyclic) bond motifs is 1. The second kappa shape index (κ2) is 6.95. The number of halogens is 1. The first kappa shape index (κ1) is 18.0. The summed E-state index contributed by atoms with van der Waals surface area (Å²) in [4.78, 5) is 19.7. The van der Waals surface area contributed by atoms with Crippen molar-refractivity contribution in [1.29, 1.82) is 0 Å². The van der Waals surface area contributed by atoms with Crippen molar-refractivity contribution < 1.29 is 0 Å². The molecule has 0 radical (unpaired) electrons. The van der Waals surface area contributed by atoms with Crippen LogP contribution in [0.1, 0.15) is 21.6 Å². The SMILES string of the molecule is Cc1ccc(-c2c(C)sc3ncn(Cc4ccc(Cl)cc4)c(=O)c23)cc1C. The molecule has 0 bridgehead atoms. The number of nitrogens with zero attached hydrogens (tertiary/aromatic N) is 2. The van der Waals surface area contributed by atoms with Crippen LogP contribution in [0.25, 0.3) is 21.3 Å². The fourth-order valence-electron chi connectivity index (χ4n) is 3.28. The number of aryl methyl sites for hydroxylation is 3. The van der Waals surface area contributed by atoms with Crippen molar-refractivity contribution in [3.8, 4) is 11.1 Å². The largest absolute Gasteiger partial charge is 0.294 e. The lowest BCUT2D eigenvalue weighted by atomic mass is 9.99. The normalized spacial score (nSPS) is 11.3. The third-order valence-corrected chi connectivity index (χ3v) is 6.18. The van der Waals surface area contributed by atoms with Crippen molar-refractivity contribution in [3.05, 3.63) is 85.7 Å². The first-order chi connectivity index (χ1) is 12.9. The van der Waals surface area contributed by atoms with Crippen LogP contribution in [0.4, 0.5) is 0 Å². The van der Waals surface area contributed by atoms with Gasteiger partial charge in [0.1, 0.15) is 4.83 Å². The highest BCUT2D eigenvalue weighted by Gasteiger charge is 2.17. The van der Waals surface area contributed by atoms with Crippen LogP contribution >= 0.6 is 22.9 Å². The topological polar surface area (TPSA) is 34.9 Å². The molecule has 27 heavy (non-hydrogen) atoms. The van der Waals surface area contributed by atoms with E-state index in [2.05, 4.69) is 44.0 Å². The molecule has 4 aromatic rings. The molecule has 0 atom stereocenters. The Morgan fingerprint density at radius 1 is 1.04 bits per heavy atom. The predicted molar refractivity (Wildman–Crippen MR) is 114 cm³/mol. The van der Waals surface area contributed by atoms with Crippen LogP contribution in [0.2, 0.25) is 5.02 Å². The van der Waals surface area contributed by atoms with Gasteiger partial charge in [-0.15, -0.1) is 11.3 Å². The van der Waals surface area contributed by atoms with E-state index >= 15 is 0 Å². The Bertz CT molecular complexity index is 1210. The molecule has 0 aliphatic rings. The van der Waals surface area contributed by atoms with Crippen molar-refractivity contribution in [1.82, 2.24) is 9.55 Å². The van der Waals surface area contributed by atoms with Gasteiger partial charge in [-0.3, -0.25) is 9.36 Å². The molecule has 0 unspecified atom stereocenters. The van der Waals surface area contributed by atoms with Gasteiger partial charge in [-0.25, -0.2) is 4.98 Å². The van der Waals surface area contributed by atoms with Gasteiger partial charge in [0, 0.05) is 15.5 Å². The summed E-state index contributed by atoms with van der Waals surface area (Å²) in [7, 11) is 0. The standard InChI is InChI=1S/C22H19ClN2OS/c1-13-4-7-17(10-14(13)2)19-15(3)27-21-20(19)22(26)25(12-24-21)11-16-5-8-18(23)9-6-16/h4-10,12H,11H2,1-3H3. The predicted octanol–water partition coefficient (Wildman–Crippen LogP) is 5.75. The maximum atomic E-state index is 13.3. The van der Waals surface area contributed by atoms with Crippen LogP contribution in [0.15, 0.2) is 53.6 Å². The smallest absolute Gasteiger partial charge is 0.263 e. The lowest BCUT2D eigenvalue weighted by molar-refractivity contribution is 0.749. The molecule has 0 amide bonds. The summed E-state index contributed by atoms with van der Waals surface area (Å²) in [6.07, 6.45) is 1.64. The second-order valence-electron chi connectivity index (χ2n) is 6.82. The Hall–Kier alpha value is -2.43. The fraction of sp³-hybridized carbons (Fsp3) is 0.182. The van der Waals surface area contributed by atoms with Gasteiger partial charge >= 0.3 is 0 Å². The van der Waals surface area contributed by atoms with Crippen LogP contribution in [0, 0.1) is 20.8 Å². The zero-order valence-electron chi connectivity index (χ0n) is 15.4. The minimum atomic E-state index is -0.00692. The van der Waals surface area contributed by atoms with Gasteiger partial charge in [-0.05, 0) is 55.2 Å². The van der Waals surface area contributed by atoms with Gasteiger partial charge in [0.05, 0.1) is 18.3 Å². The van der Waals surface area contributed by atoms with E-state index in [0.29, 0.717) is 17.0 Å². The molecule has 0 saturated carbocycles. The van der Waals surface area contributed by atoms with E-state index in [4.69, 9.17) is 11.6 Å². The van der Waals surface area contributed by atoms with Crippen LogP contribution < -0.4 is 5.56 Å². The summed E-state index contributed by atoms with van der Waals surface area (Å²) < 4.78 is 1.67. The summed E-state index contributed by atoms with van der Waals surface area (Å²) in [5.74, 6) is 0. The Balaban J connectivity index is 1.88. The summed E-state index contributed by atoms with van der Waals surface area (Å²) in [6, 6.07) is 13.9. The molecule has 2 heterocycles. The molecule has 0 saturated heterocycles. The zero-order valence-corrected chi connectivity index (χ0v) is 17.0. The molecule has 0 fully saturated rings. The summed E-state index contributed by atoms with van der Waals surface area (Å²) in [5, 5.41) is 1.39. The molecule has 136 valence electrons. The van der Waals surface area contributed by atoms with E-state index in [9.17, 15) is 4.79 Å². The number of aromatic nitrogens is 2. The average Bonchev–Trinajstić information content (AvgIpc) is 2.98. The Labute approximate surface area is 166 Å². The van der Waals surface area contributed by atoms with Crippen molar-refractivity contribution in [3.63, 3.8) is 0 Å². The highest BCUT2D eigenvalue weighted by atomic mass is 35.5. The highest BCUT2D eigenvalue weighted by molar-refractivity contribution is 7.19. The summed E-state index contributed by atoms with van der Waals surface area (Å²) in [6.45, 7) is 6.72.